The molecule has 0 aliphatic heterocycles. The van der Waals surface area contributed by atoms with E-state index in [0.717, 1.165) is 23.9 Å². The predicted octanol–water partition coefficient (Wildman–Crippen LogP) is 3.37. The van der Waals surface area contributed by atoms with E-state index in [9.17, 15) is 0 Å². The van der Waals surface area contributed by atoms with Gasteiger partial charge in [0.1, 0.15) is 0 Å². The molecule has 2 aromatic carbocycles. The lowest BCUT2D eigenvalue weighted by atomic mass is 9.99. The van der Waals surface area contributed by atoms with Crippen molar-refractivity contribution in [3.05, 3.63) is 78.1 Å². The zero-order valence-corrected chi connectivity index (χ0v) is 11.9. The molecule has 3 N–H and O–H groups in total. The Hall–Kier alpha value is -2.23. The van der Waals surface area contributed by atoms with Gasteiger partial charge in [0, 0.05) is 11.6 Å². The van der Waals surface area contributed by atoms with Crippen molar-refractivity contribution < 1.29 is 0 Å². The summed E-state index contributed by atoms with van der Waals surface area (Å²) in [6, 6.07) is 20.8. The quantitative estimate of drug-likeness (QED) is 0.555. The van der Waals surface area contributed by atoms with Crippen LogP contribution >= 0.6 is 0 Å². The molecule has 0 bridgehead atoms. The molecule has 0 aliphatic rings. The fraction of sp³-hybridized carbons (Fsp3) is 0.167. The van der Waals surface area contributed by atoms with Crippen molar-refractivity contribution >= 4 is 10.8 Å². The third-order valence-electron chi connectivity index (χ3n) is 3.80. The highest BCUT2D eigenvalue weighted by atomic mass is 15.2. The largest absolute Gasteiger partial charge is 0.271 e. The summed E-state index contributed by atoms with van der Waals surface area (Å²) < 4.78 is 0. The molecule has 1 heterocycles. The molecule has 106 valence electrons. The molecule has 3 nitrogen and oxygen atoms in total. The Labute approximate surface area is 124 Å². The summed E-state index contributed by atoms with van der Waals surface area (Å²) in [6.45, 7) is 0. The minimum absolute atomic E-state index is 0.0521. The van der Waals surface area contributed by atoms with Crippen LogP contribution in [0, 0.1) is 0 Å². The number of hydrogen-bond acceptors (Lipinski definition) is 3. The normalized spacial score (nSPS) is 12.4. The van der Waals surface area contributed by atoms with Gasteiger partial charge in [-0.2, -0.15) is 0 Å². The van der Waals surface area contributed by atoms with Gasteiger partial charge in [0.2, 0.25) is 0 Å². The Morgan fingerprint density at radius 1 is 0.952 bits per heavy atom. The number of benzene rings is 2. The maximum Gasteiger partial charge on any atom is 0.0664 e. The van der Waals surface area contributed by atoms with E-state index in [4.69, 9.17) is 5.84 Å². The molecule has 0 saturated heterocycles. The molecule has 1 aromatic heterocycles. The first-order valence-corrected chi connectivity index (χ1v) is 7.22. The fourth-order valence-electron chi connectivity index (χ4n) is 2.68. The van der Waals surface area contributed by atoms with Crippen LogP contribution in [0.15, 0.2) is 66.9 Å². The summed E-state index contributed by atoms with van der Waals surface area (Å²) in [5.74, 6) is 5.77. The van der Waals surface area contributed by atoms with E-state index < -0.39 is 0 Å². The number of aromatic nitrogens is 1. The molecule has 0 radical (unpaired) electrons. The van der Waals surface area contributed by atoms with E-state index in [1.54, 1.807) is 0 Å². The van der Waals surface area contributed by atoms with Crippen LogP contribution in [0.4, 0.5) is 0 Å². The fourth-order valence-corrected chi connectivity index (χ4v) is 2.68. The molecular weight excluding hydrogens is 258 g/mol. The Morgan fingerprint density at radius 2 is 1.71 bits per heavy atom. The lowest BCUT2D eigenvalue weighted by Crippen LogP contribution is -2.29. The number of pyridine rings is 1. The van der Waals surface area contributed by atoms with Crippen molar-refractivity contribution in [1.82, 2.24) is 10.4 Å². The number of fused-ring (bicyclic) bond motifs is 1. The van der Waals surface area contributed by atoms with Gasteiger partial charge in [0.25, 0.3) is 0 Å². The third kappa shape index (κ3) is 3.10. The summed E-state index contributed by atoms with van der Waals surface area (Å²) >= 11 is 0. The molecule has 0 amide bonds. The standard InChI is InChI=1S/C18H19N3/c19-21-17(11-10-14-6-2-1-3-7-14)18-16-9-5-4-8-15(16)12-13-20-18/h1-9,12-13,17,21H,10-11,19H2. The van der Waals surface area contributed by atoms with Gasteiger partial charge in [-0.1, -0.05) is 54.6 Å². The summed E-state index contributed by atoms with van der Waals surface area (Å²) in [7, 11) is 0. The van der Waals surface area contributed by atoms with Gasteiger partial charge in [0.05, 0.1) is 11.7 Å². The predicted molar refractivity (Wildman–Crippen MR) is 86.6 cm³/mol. The number of nitrogens with two attached hydrogens (primary N) is 1. The smallest absolute Gasteiger partial charge is 0.0664 e. The van der Waals surface area contributed by atoms with Crippen LogP contribution in [-0.4, -0.2) is 4.98 Å². The second kappa shape index (κ2) is 6.48. The van der Waals surface area contributed by atoms with Gasteiger partial charge in [0.15, 0.2) is 0 Å². The van der Waals surface area contributed by atoms with Crippen molar-refractivity contribution in [2.24, 2.45) is 5.84 Å². The highest BCUT2D eigenvalue weighted by Gasteiger charge is 2.14. The maximum atomic E-state index is 5.77. The van der Waals surface area contributed by atoms with Crippen LogP contribution in [-0.2, 0) is 6.42 Å². The Kier molecular flexibility index (Phi) is 4.24. The van der Waals surface area contributed by atoms with Crippen LogP contribution in [0.1, 0.15) is 23.7 Å². The molecular formula is C18H19N3. The average molecular weight is 277 g/mol. The monoisotopic (exact) mass is 277 g/mol. The highest BCUT2D eigenvalue weighted by Crippen LogP contribution is 2.24. The van der Waals surface area contributed by atoms with Gasteiger partial charge in [-0.25, -0.2) is 0 Å². The van der Waals surface area contributed by atoms with Crippen LogP contribution in [0.25, 0.3) is 10.8 Å². The zero-order chi connectivity index (χ0) is 14.5. The van der Waals surface area contributed by atoms with E-state index >= 15 is 0 Å². The number of nitrogens with zero attached hydrogens (tertiary/aromatic N) is 1. The minimum atomic E-state index is 0.0521. The summed E-state index contributed by atoms with van der Waals surface area (Å²) in [5, 5.41) is 2.36. The van der Waals surface area contributed by atoms with Crippen LogP contribution in [0.3, 0.4) is 0 Å². The van der Waals surface area contributed by atoms with Gasteiger partial charge in [-0.05, 0) is 29.9 Å². The summed E-state index contributed by atoms with van der Waals surface area (Å²) in [4.78, 5) is 4.55. The van der Waals surface area contributed by atoms with Gasteiger partial charge in [-0.15, -0.1) is 0 Å². The van der Waals surface area contributed by atoms with E-state index in [1.165, 1.54) is 10.9 Å². The highest BCUT2D eigenvalue weighted by molar-refractivity contribution is 5.84. The number of hydrazine groups is 1. The molecule has 0 aliphatic carbocycles. The second-order valence-corrected chi connectivity index (χ2v) is 5.16. The van der Waals surface area contributed by atoms with E-state index in [2.05, 4.69) is 46.8 Å². The molecule has 0 fully saturated rings. The second-order valence-electron chi connectivity index (χ2n) is 5.16. The van der Waals surface area contributed by atoms with Crippen molar-refractivity contribution in [3.8, 4) is 0 Å². The van der Waals surface area contributed by atoms with Crippen LogP contribution in [0.5, 0.6) is 0 Å². The Morgan fingerprint density at radius 3 is 2.52 bits per heavy atom. The summed E-state index contributed by atoms with van der Waals surface area (Å²) in [5.41, 5.74) is 5.26. The van der Waals surface area contributed by atoms with Crippen molar-refractivity contribution in [3.63, 3.8) is 0 Å². The lowest BCUT2D eigenvalue weighted by molar-refractivity contribution is 0.508. The molecule has 0 spiro atoms. The lowest BCUT2D eigenvalue weighted by Gasteiger charge is -2.17. The Balaban J connectivity index is 1.85. The molecule has 0 saturated carbocycles. The zero-order valence-electron chi connectivity index (χ0n) is 11.9. The van der Waals surface area contributed by atoms with Crippen molar-refractivity contribution in [1.29, 1.82) is 0 Å². The van der Waals surface area contributed by atoms with E-state index in [1.807, 2.05) is 30.5 Å². The number of aryl methyl sites for hydroxylation is 1. The first-order chi connectivity index (χ1) is 10.4. The third-order valence-corrected chi connectivity index (χ3v) is 3.80. The van der Waals surface area contributed by atoms with Crippen molar-refractivity contribution in [2.75, 3.05) is 0 Å². The molecule has 3 aromatic rings. The molecule has 1 atom stereocenters. The van der Waals surface area contributed by atoms with Gasteiger partial charge in [-0.3, -0.25) is 16.3 Å². The number of hydrogen-bond donors (Lipinski definition) is 2. The molecule has 3 heteroatoms. The molecule has 21 heavy (non-hydrogen) atoms. The number of nitrogens with one attached hydrogen (secondary N) is 1. The topological polar surface area (TPSA) is 50.9 Å². The Bertz CT molecular complexity index is 704. The first kappa shape index (κ1) is 13.7. The van der Waals surface area contributed by atoms with Gasteiger partial charge >= 0.3 is 0 Å². The maximum absolute atomic E-state index is 5.77. The molecule has 3 rings (SSSR count). The summed E-state index contributed by atoms with van der Waals surface area (Å²) in [6.07, 6.45) is 3.74. The van der Waals surface area contributed by atoms with Crippen LogP contribution in [0.2, 0.25) is 0 Å². The average Bonchev–Trinajstić information content (AvgIpc) is 2.56. The van der Waals surface area contributed by atoms with E-state index in [0.29, 0.717) is 0 Å². The van der Waals surface area contributed by atoms with E-state index in [-0.39, 0.29) is 6.04 Å². The SMILES string of the molecule is NNC(CCc1ccccc1)c1nccc2ccccc12. The van der Waals surface area contributed by atoms with Crippen molar-refractivity contribution in [2.45, 2.75) is 18.9 Å². The minimum Gasteiger partial charge on any atom is -0.271 e. The van der Waals surface area contributed by atoms with Crippen LogP contribution < -0.4 is 11.3 Å². The van der Waals surface area contributed by atoms with Gasteiger partial charge < -0.3 is 0 Å². The first-order valence-electron chi connectivity index (χ1n) is 7.22. The molecule has 1 unspecified atom stereocenters. The number of rotatable bonds is 5.